The third-order valence-corrected chi connectivity index (χ3v) is 5.07. The molecule has 2 rings (SSSR count). The molecule has 0 bridgehead atoms. The first kappa shape index (κ1) is 15.3. The molecular weight excluding hydrogens is 234 g/mol. The molecule has 2 fully saturated rings. The van der Waals surface area contributed by atoms with E-state index in [4.69, 9.17) is 0 Å². The van der Waals surface area contributed by atoms with Crippen molar-refractivity contribution >= 4 is 0 Å². The summed E-state index contributed by atoms with van der Waals surface area (Å²) in [5.74, 6) is 0.899. The summed E-state index contributed by atoms with van der Waals surface area (Å²) in [5, 5.41) is 0. The Hall–Kier alpha value is -0.120. The Morgan fingerprint density at radius 1 is 0.895 bits per heavy atom. The van der Waals surface area contributed by atoms with Crippen LogP contribution >= 0.6 is 0 Å². The highest BCUT2D eigenvalue weighted by atomic mass is 15.3. The lowest BCUT2D eigenvalue weighted by atomic mass is 10.1. The molecule has 112 valence electrons. The summed E-state index contributed by atoms with van der Waals surface area (Å²) >= 11 is 0. The van der Waals surface area contributed by atoms with Gasteiger partial charge in [-0.15, -0.1) is 0 Å². The molecule has 0 aromatic heterocycles. The lowest BCUT2D eigenvalue weighted by molar-refractivity contribution is 0.0543. The number of nitrogens with zero attached hydrogens (tertiary/aromatic N) is 3. The monoisotopic (exact) mass is 267 g/mol. The molecule has 0 aromatic rings. The van der Waals surface area contributed by atoms with Crippen molar-refractivity contribution in [3.63, 3.8) is 0 Å². The normalized spacial score (nSPS) is 31.7. The fourth-order valence-electron chi connectivity index (χ4n) is 3.58. The first-order chi connectivity index (χ1) is 8.97. The molecule has 0 N–H and O–H groups in total. The Labute approximate surface area is 119 Å². The average Bonchev–Trinajstić information content (AvgIpc) is 2.80. The van der Waals surface area contributed by atoms with Gasteiger partial charge in [-0.3, -0.25) is 9.80 Å². The van der Waals surface area contributed by atoms with E-state index in [-0.39, 0.29) is 0 Å². The van der Waals surface area contributed by atoms with E-state index in [0.717, 1.165) is 18.0 Å². The summed E-state index contributed by atoms with van der Waals surface area (Å²) in [4.78, 5) is 7.99. The van der Waals surface area contributed by atoms with Gasteiger partial charge >= 0.3 is 0 Å². The highest BCUT2D eigenvalue weighted by Gasteiger charge is 2.30. The SMILES string of the molecule is CC(C)N1CCC(CN2CCN(C(C)C)C[C@H]2C)C1. The molecule has 0 saturated carbocycles. The zero-order valence-corrected chi connectivity index (χ0v) is 13.6. The quantitative estimate of drug-likeness (QED) is 0.772. The molecule has 0 amide bonds. The van der Waals surface area contributed by atoms with Crippen LogP contribution in [0, 0.1) is 5.92 Å². The second kappa shape index (κ2) is 6.55. The topological polar surface area (TPSA) is 9.72 Å². The Kier molecular flexibility index (Phi) is 5.27. The molecule has 0 spiro atoms. The highest BCUT2D eigenvalue weighted by molar-refractivity contribution is 4.85. The van der Waals surface area contributed by atoms with E-state index in [0.29, 0.717) is 6.04 Å². The minimum absolute atomic E-state index is 0.701. The van der Waals surface area contributed by atoms with Gasteiger partial charge in [-0.1, -0.05) is 0 Å². The Morgan fingerprint density at radius 2 is 1.53 bits per heavy atom. The van der Waals surface area contributed by atoms with Crippen molar-refractivity contribution in [2.75, 3.05) is 39.3 Å². The molecule has 2 heterocycles. The zero-order chi connectivity index (χ0) is 14.0. The molecule has 2 atom stereocenters. The minimum Gasteiger partial charge on any atom is -0.301 e. The van der Waals surface area contributed by atoms with Gasteiger partial charge in [-0.05, 0) is 53.5 Å². The Balaban J connectivity index is 1.78. The number of likely N-dealkylation sites (tertiary alicyclic amines) is 1. The molecule has 0 aromatic carbocycles. The van der Waals surface area contributed by atoms with Gasteiger partial charge in [0.2, 0.25) is 0 Å². The van der Waals surface area contributed by atoms with Gasteiger partial charge in [0, 0.05) is 50.8 Å². The number of piperazine rings is 1. The maximum atomic E-state index is 2.73. The second-order valence-electron chi connectivity index (χ2n) is 7.18. The molecule has 1 unspecified atom stereocenters. The van der Waals surface area contributed by atoms with Crippen LogP contribution in [0.4, 0.5) is 0 Å². The number of rotatable bonds is 4. The van der Waals surface area contributed by atoms with Gasteiger partial charge in [0.05, 0.1) is 0 Å². The first-order valence-electron chi connectivity index (χ1n) is 8.19. The van der Waals surface area contributed by atoms with Crippen LogP contribution in [-0.4, -0.2) is 72.1 Å². The molecule has 3 nitrogen and oxygen atoms in total. The van der Waals surface area contributed by atoms with E-state index >= 15 is 0 Å². The number of hydrogen-bond acceptors (Lipinski definition) is 3. The third-order valence-electron chi connectivity index (χ3n) is 5.07. The van der Waals surface area contributed by atoms with Crippen LogP contribution in [0.1, 0.15) is 41.0 Å². The van der Waals surface area contributed by atoms with Crippen molar-refractivity contribution in [3.05, 3.63) is 0 Å². The summed E-state index contributed by atoms with van der Waals surface area (Å²) in [5.41, 5.74) is 0. The summed E-state index contributed by atoms with van der Waals surface area (Å²) in [6, 6.07) is 2.15. The van der Waals surface area contributed by atoms with E-state index in [1.54, 1.807) is 0 Å². The van der Waals surface area contributed by atoms with Crippen LogP contribution in [0.15, 0.2) is 0 Å². The largest absolute Gasteiger partial charge is 0.301 e. The molecule has 0 aliphatic carbocycles. The van der Waals surface area contributed by atoms with Crippen LogP contribution in [0.5, 0.6) is 0 Å². The summed E-state index contributed by atoms with van der Waals surface area (Å²) < 4.78 is 0. The van der Waals surface area contributed by atoms with E-state index < -0.39 is 0 Å². The minimum atomic E-state index is 0.701. The first-order valence-corrected chi connectivity index (χ1v) is 8.19. The van der Waals surface area contributed by atoms with Crippen molar-refractivity contribution < 1.29 is 0 Å². The van der Waals surface area contributed by atoms with Crippen molar-refractivity contribution in [1.29, 1.82) is 0 Å². The van der Waals surface area contributed by atoms with Crippen molar-refractivity contribution in [2.24, 2.45) is 5.92 Å². The van der Waals surface area contributed by atoms with Crippen molar-refractivity contribution in [2.45, 2.75) is 59.2 Å². The van der Waals surface area contributed by atoms with Gasteiger partial charge in [-0.2, -0.15) is 0 Å². The standard InChI is InChI=1S/C16H33N3/c1-13(2)17-7-6-16(11-17)12-19-9-8-18(14(3)4)10-15(19)5/h13-16H,6-12H2,1-5H3/t15-,16?/m1/s1. The van der Waals surface area contributed by atoms with E-state index in [9.17, 15) is 0 Å². The molecule has 2 aliphatic rings. The Morgan fingerprint density at radius 3 is 2.05 bits per heavy atom. The summed E-state index contributed by atoms with van der Waals surface area (Å²) in [6.45, 7) is 19.4. The van der Waals surface area contributed by atoms with Crippen molar-refractivity contribution in [1.82, 2.24) is 14.7 Å². The molecule has 0 radical (unpaired) electrons. The lowest BCUT2D eigenvalue weighted by Crippen LogP contribution is -2.54. The van der Waals surface area contributed by atoms with E-state index in [1.807, 2.05) is 0 Å². The van der Waals surface area contributed by atoms with Crippen LogP contribution in [0.3, 0.4) is 0 Å². The predicted molar refractivity (Wildman–Crippen MR) is 82.6 cm³/mol. The number of hydrogen-bond donors (Lipinski definition) is 0. The lowest BCUT2D eigenvalue weighted by Gasteiger charge is -2.42. The molecule has 2 saturated heterocycles. The molecular formula is C16H33N3. The maximum absolute atomic E-state index is 2.73. The third kappa shape index (κ3) is 3.93. The summed E-state index contributed by atoms with van der Waals surface area (Å²) in [7, 11) is 0. The van der Waals surface area contributed by atoms with Gasteiger partial charge in [-0.25, -0.2) is 0 Å². The van der Waals surface area contributed by atoms with Crippen molar-refractivity contribution in [3.8, 4) is 0 Å². The van der Waals surface area contributed by atoms with E-state index in [2.05, 4.69) is 49.3 Å². The predicted octanol–water partition coefficient (Wildman–Crippen LogP) is 2.13. The molecule has 2 aliphatic heterocycles. The smallest absolute Gasteiger partial charge is 0.0195 e. The van der Waals surface area contributed by atoms with E-state index in [1.165, 1.54) is 45.7 Å². The van der Waals surface area contributed by atoms with Gasteiger partial charge < -0.3 is 4.90 Å². The summed E-state index contributed by atoms with van der Waals surface area (Å²) in [6.07, 6.45) is 1.40. The average molecular weight is 267 g/mol. The van der Waals surface area contributed by atoms with Gasteiger partial charge in [0.15, 0.2) is 0 Å². The molecule has 3 heteroatoms. The van der Waals surface area contributed by atoms with Gasteiger partial charge in [0.1, 0.15) is 0 Å². The maximum Gasteiger partial charge on any atom is 0.0195 e. The second-order valence-corrected chi connectivity index (χ2v) is 7.18. The van der Waals surface area contributed by atoms with Crippen LogP contribution < -0.4 is 0 Å². The van der Waals surface area contributed by atoms with Crippen LogP contribution in [0.25, 0.3) is 0 Å². The van der Waals surface area contributed by atoms with Crippen LogP contribution in [-0.2, 0) is 0 Å². The van der Waals surface area contributed by atoms with Gasteiger partial charge in [0.25, 0.3) is 0 Å². The fourth-order valence-corrected chi connectivity index (χ4v) is 3.58. The van der Waals surface area contributed by atoms with Crippen LogP contribution in [0.2, 0.25) is 0 Å². The Bertz CT molecular complexity index is 277. The molecule has 19 heavy (non-hydrogen) atoms. The highest BCUT2D eigenvalue weighted by Crippen LogP contribution is 2.22. The fraction of sp³-hybridized carbons (Fsp3) is 1.00. The zero-order valence-electron chi connectivity index (χ0n) is 13.6.